The molecule has 0 unspecified atom stereocenters. The van der Waals surface area contributed by atoms with Gasteiger partial charge in [0.2, 0.25) is 0 Å². The van der Waals surface area contributed by atoms with Gasteiger partial charge in [0, 0.05) is 5.92 Å². The lowest BCUT2D eigenvalue weighted by Gasteiger charge is -2.26. The van der Waals surface area contributed by atoms with Crippen LogP contribution in [-0.4, -0.2) is 18.4 Å². The maximum atomic E-state index is 11.8. The molecule has 0 radical (unpaired) electrons. The average Bonchev–Trinajstić information content (AvgIpc) is 2.06. The van der Waals surface area contributed by atoms with E-state index in [0.717, 1.165) is 12.8 Å². The van der Waals surface area contributed by atoms with Crippen LogP contribution in [0.3, 0.4) is 0 Å². The summed E-state index contributed by atoms with van der Waals surface area (Å²) in [5.41, 5.74) is -0.364. The van der Waals surface area contributed by atoms with Gasteiger partial charge in [0.1, 0.15) is 0 Å². The van der Waals surface area contributed by atoms with Crippen LogP contribution < -0.4 is 5.32 Å². The van der Waals surface area contributed by atoms with Crippen molar-refractivity contribution in [2.45, 2.75) is 46.1 Å². The van der Waals surface area contributed by atoms with Gasteiger partial charge in [-0.1, -0.05) is 13.8 Å². The fourth-order valence-electron chi connectivity index (χ4n) is 1.29. The zero-order valence-corrected chi connectivity index (χ0v) is 8.90. The van der Waals surface area contributed by atoms with Gasteiger partial charge in [0.15, 0.2) is 5.78 Å². The van der Waals surface area contributed by atoms with Gasteiger partial charge in [0.25, 0.3) is 0 Å². The Kier molecular flexibility index (Phi) is 4.46. The molecule has 0 aromatic carbocycles. The van der Waals surface area contributed by atoms with Crippen LogP contribution in [-0.2, 0) is 4.79 Å². The molecule has 0 aliphatic heterocycles. The van der Waals surface area contributed by atoms with Crippen molar-refractivity contribution in [2.24, 2.45) is 5.92 Å². The predicted octanol–water partition coefficient (Wildman–Crippen LogP) is 1.99. The molecule has 0 heterocycles. The number of carbonyl (C=O) groups excluding carboxylic acids is 1. The summed E-state index contributed by atoms with van der Waals surface area (Å²) in [6.07, 6.45) is 1.89. The number of ketones is 1. The van der Waals surface area contributed by atoms with Gasteiger partial charge in [-0.3, -0.25) is 4.79 Å². The number of hydrogen-bond acceptors (Lipinski definition) is 2. The van der Waals surface area contributed by atoms with E-state index < -0.39 is 0 Å². The van der Waals surface area contributed by atoms with Crippen LogP contribution in [0.4, 0.5) is 0 Å². The molecule has 0 aromatic rings. The average molecular weight is 171 g/mol. The number of carbonyl (C=O) groups is 1. The number of rotatable bonds is 5. The van der Waals surface area contributed by atoms with Crippen molar-refractivity contribution in [3.63, 3.8) is 0 Å². The van der Waals surface area contributed by atoms with Crippen molar-refractivity contribution >= 4 is 5.78 Å². The molecule has 1 N–H and O–H groups in total. The molecular formula is C10H21NO. The smallest absolute Gasteiger partial charge is 0.155 e. The topological polar surface area (TPSA) is 29.1 Å². The van der Waals surface area contributed by atoms with E-state index in [1.54, 1.807) is 0 Å². The molecule has 0 aromatic heterocycles. The summed E-state index contributed by atoms with van der Waals surface area (Å²) in [7, 11) is 1.83. The van der Waals surface area contributed by atoms with Crippen LogP contribution in [0.15, 0.2) is 0 Å². The van der Waals surface area contributed by atoms with Crippen LogP contribution in [0, 0.1) is 5.92 Å². The molecule has 0 aliphatic rings. The zero-order valence-electron chi connectivity index (χ0n) is 8.90. The number of nitrogens with one attached hydrogen (secondary N) is 1. The lowest BCUT2D eigenvalue weighted by atomic mass is 9.86. The minimum absolute atomic E-state index is 0.215. The van der Waals surface area contributed by atoms with E-state index in [-0.39, 0.29) is 11.5 Å². The normalized spacial score (nSPS) is 12.2. The predicted molar refractivity (Wildman–Crippen MR) is 52.2 cm³/mol. The maximum Gasteiger partial charge on any atom is 0.155 e. The Bertz CT molecular complexity index is 148. The van der Waals surface area contributed by atoms with E-state index in [9.17, 15) is 4.79 Å². The molecule has 0 bridgehead atoms. The van der Waals surface area contributed by atoms with Crippen molar-refractivity contribution in [3.05, 3.63) is 0 Å². The Hall–Kier alpha value is -0.370. The Morgan fingerprint density at radius 3 is 2.00 bits per heavy atom. The quantitative estimate of drug-likeness (QED) is 0.685. The van der Waals surface area contributed by atoms with Crippen molar-refractivity contribution < 1.29 is 4.79 Å². The van der Waals surface area contributed by atoms with Crippen LogP contribution in [0.1, 0.15) is 40.5 Å². The summed E-state index contributed by atoms with van der Waals surface area (Å²) in [5, 5.41) is 3.04. The van der Waals surface area contributed by atoms with Gasteiger partial charge in [-0.15, -0.1) is 0 Å². The van der Waals surface area contributed by atoms with E-state index in [0.29, 0.717) is 5.78 Å². The molecule has 0 rings (SSSR count). The lowest BCUT2D eigenvalue weighted by molar-refractivity contribution is -0.128. The largest absolute Gasteiger partial charge is 0.308 e. The third-order valence-electron chi connectivity index (χ3n) is 2.60. The second-order valence-corrected chi connectivity index (χ2v) is 3.75. The summed E-state index contributed by atoms with van der Waals surface area (Å²) >= 11 is 0. The SMILES string of the molecule is CCC(CC)C(=O)C(C)(C)NC. The van der Waals surface area contributed by atoms with Crippen LogP contribution >= 0.6 is 0 Å². The van der Waals surface area contributed by atoms with Crippen LogP contribution in [0.5, 0.6) is 0 Å². The van der Waals surface area contributed by atoms with Gasteiger partial charge in [0.05, 0.1) is 5.54 Å². The Morgan fingerprint density at radius 2 is 1.75 bits per heavy atom. The molecule has 0 saturated carbocycles. The standard InChI is InChI=1S/C10H21NO/c1-6-8(7-2)9(12)10(3,4)11-5/h8,11H,6-7H2,1-5H3. The Morgan fingerprint density at radius 1 is 1.33 bits per heavy atom. The molecule has 0 atom stereocenters. The van der Waals surface area contributed by atoms with Gasteiger partial charge >= 0.3 is 0 Å². The minimum Gasteiger partial charge on any atom is -0.308 e. The van der Waals surface area contributed by atoms with Crippen molar-refractivity contribution in [3.8, 4) is 0 Å². The minimum atomic E-state index is -0.364. The third-order valence-corrected chi connectivity index (χ3v) is 2.60. The van der Waals surface area contributed by atoms with E-state index in [1.807, 2.05) is 20.9 Å². The molecular weight excluding hydrogens is 150 g/mol. The number of hydrogen-bond donors (Lipinski definition) is 1. The van der Waals surface area contributed by atoms with E-state index >= 15 is 0 Å². The summed E-state index contributed by atoms with van der Waals surface area (Å²) in [6.45, 7) is 8.01. The maximum absolute atomic E-state index is 11.8. The van der Waals surface area contributed by atoms with Gasteiger partial charge in [-0.2, -0.15) is 0 Å². The van der Waals surface area contributed by atoms with Crippen molar-refractivity contribution in [2.75, 3.05) is 7.05 Å². The second kappa shape index (κ2) is 4.61. The molecule has 2 nitrogen and oxygen atoms in total. The Labute approximate surface area is 75.7 Å². The summed E-state index contributed by atoms with van der Waals surface area (Å²) in [6, 6.07) is 0. The van der Waals surface area contributed by atoms with Gasteiger partial charge in [-0.25, -0.2) is 0 Å². The molecule has 0 amide bonds. The molecule has 2 heteroatoms. The highest BCUT2D eigenvalue weighted by Gasteiger charge is 2.29. The van der Waals surface area contributed by atoms with Gasteiger partial charge < -0.3 is 5.32 Å². The number of likely N-dealkylation sites (N-methyl/N-ethyl adjacent to an activating group) is 1. The highest BCUT2D eigenvalue weighted by molar-refractivity contribution is 5.89. The third kappa shape index (κ3) is 2.59. The lowest BCUT2D eigenvalue weighted by Crippen LogP contribution is -2.47. The zero-order chi connectivity index (χ0) is 9.78. The first-order valence-electron chi connectivity index (χ1n) is 4.72. The fraction of sp³-hybridized carbons (Fsp3) is 0.900. The Balaban J connectivity index is 4.35. The van der Waals surface area contributed by atoms with E-state index in [2.05, 4.69) is 19.2 Å². The van der Waals surface area contributed by atoms with Crippen molar-refractivity contribution in [1.82, 2.24) is 5.32 Å². The first kappa shape index (κ1) is 11.6. The van der Waals surface area contributed by atoms with Crippen molar-refractivity contribution in [1.29, 1.82) is 0 Å². The summed E-state index contributed by atoms with van der Waals surface area (Å²) in [5.74, 6) is 0.544. The van der Waals surface area contributed by atoms with E-state index in [1.165, 1.54) is 0 Å². The molecule has 0 spiro atoms. The monoisotopic (exact) mass is 171 g/mol. The molecule has 72 valence electrons. The van der Waals surface area contributed by atoms with Crippen LogP contribution in [0.25, 0.3) is 0 Å². The van der Waals surface area contributed by atoms with E-state index in [4.69, 9.17) is 0 Å². The summed E-state index contributed by atoms with van der Waals surface area (Å²) in [4.78, 5) is 11.8. The molecule has 0 fully saturated rings. The molecule has 0 aliphatic carbocycles. The number of Topliss-reactive ketones (excluding diaryl/α,β-unsaturated/α-hetero) is 1. The van der Waals surface area contributed by atoms with Gasteiger partial charge in [-0.05, 0) is 33.7 Å². The fourth-order valence-corrected chi connectivity index (χ4v) is 1.29. The first-order valence-corrected chi connectivity index (χ1v) is 4.72. The highest BCUT2D eigenvalue weighted by atomic mass is 16.1. The second-order valence-electron chi connectivity index (χ2n) is 3.75. The van der Waals surface area contributed by atoms with Crippen LogP contribution in [0.2, 0.25) is 0 Å². The first-order chi connectivity index (χ1) is 5.49. The molecule has 12 heavy (non-hydrogen) atoms. The highest BCUT2D eigenvalue weighted by Crippen LogP contribution is 2.17. The molecule has 0 saturated heterocycles. The summed E-state index contributed by atoms with van der Waals surface area (Å²) < 4.78 is 0.